The third-order valence-corrected chi connectivity index (χ3v) is 3.14. The first-order chi connectivity index (χ1) is 9.41. The quantitative estimate of drug-likeness (QED) is 0.667. The molecule has 0 aliphatic carbocycles. The molecule has 3 N–H and O–H groups in total. The number of hydrogen-bond acceptors (Lipinski definition) is 2. The Bertz CT molecular complexity index is 645. The zero-order valence-corrected chi connectivity index (χ0v) is 11.2. The van der Waals surface area contributed by atoms with Gasteiger partial charge in [-0.25, -0.2) is 8.78 Å². The van der Waals surface area contributed by atoms with E-state index in [0.29, 0.717) is 5.69 Å². The Morgan fingerprint density at radius 1 is 1.15 bits per heavy atom. The van der Waals surface area contributed by atoms with Gasteiger partial charge >= 0.3 is 0 Å². The molecular weight excluding hydrogens is 260 g/mol. The number of aryl methyl sites for hydroxylation is 1. The minimum absolute atomic E-state index is 0.0296. The lowest BCUT2D eigenvalue weighted by Crippen LogP contribution is -2.17. The number of rotatable bonds is 3. The SMILES string of the molecule is Cc1ccccc1N(C)c1c(F)cc(C(=N)N)cc1F. The Morgan fingerprint density at radius 2 is 1.70 bits per heavy atom. The van der Waals surface area contributed by atoms with Crippen molar-refractivity contribution < 1.29 is 8.78 Å². The van der Waals surface area contributed by atoms with Crippen LogP contribution in [-0.2, 0) is 0 Å². The molecule has 0 saturated carbocycles. The summed E-state index contributed by atoms with van der Waals surface area (Å²) in [5, 5.41) is 7.24. The average molecular weight is 275 g/mol. The summed E-state index contributed by atoms with van der Waals surface area (Å²) in [6, 6.07) is 9.44. The van der Waals surface area contributed by atoms with E-state index in [9.17, 15) is 8.78 Å². The maximum Gasteiger partial charge on any atom is 0.150 e. The van der Waals surface area contributed by atoms with E-state index in [4.69, 9.17) is 11.1 Å². The van der Waals surface area contributed by atoms with Crippen LogP contribution in [-0.4, -0.2) is 12.9 Å². The van der Waals surface area contributed by atoms with Crippen molar-refractivity contribution >= 4 is 17.2 Å². The molecule has 3 nitrogen and oxygen atoms in total. The fourth-order valence-corrected chi connectivity index (χ4v) is 2.10. The van der Waals surface area contributed by atoms with Crippen LogP contribution in [0.2, 0.25) is 0 Å². The molecule has 0 atom stereocenters. The average Bonchev–Trinajstić information content (AvgIpc) is 2.38. The third kappa shape index (κ3) is 2.47. The number of para-hydroxylation sites is 1. The first-order valence-corrected chi connectivity index (χ1v) is 6.04. The molecule has 0 spiro atoms. The van der Waals surface area contributed by atoms with Gasteiger partial charge in [-0.15, -0.1) is 0 Å². The normalized spacial score (nSPS) is 10.4. The second kappa shape index (κ2) is 5.28. The number of benzene rings is 2. The number of amidine groups is 1. The molecule has 2 aromatic rings. The predicted molar refractivity (Wildman–Crippen MR) is 76.6 cm³/mol. The molecule has 0 radical (unpaired) electrons. The van der Waals surface area contributed by atoms with Crippen molar-refractivity contribution in [2.24, 2.45) is 5.73 Å². The molecule has 0 saturated heterocycles. The van der Waals surface area contributed by atoms with Gasteiger partial charge in [0.2, 0.25) is 0 Å². The van der Waals surface area contributed by atoms with Crippen LogP contribution < -0.4 is 10.6 Å². The van der Waals surface area contributed by atoms with Gasteiger partial charge in [-0.2, -0.15) is 0 Å². The Hall–Kier alpha value is -2.43. The van der Waals surface area contributed by atoms with Gasteiger partial charge in [0.25, 0.3) is 0 Å². The number of halogens is 2. The van der Waals surface area contributed by atoms with Crippen LogP contribution in [0.15, 0.2) is 36.4 Å². The molecule has 0 aromatic heterocycles. The number of hydrogen-bond donors (Lipinski definition) is 2. The molecule has 2 aromatic carbocycles. The molecule has 20 heavy (non-hydrogen) atoms. The van der Waals surface area contributed by atoms with Crippen LogP contribution in [0.25, 0.3) is 0 Å². The van der Waals surface area contributed by atoms with E-state index in [2.05, 4.69) is 0 Å². The van der Waals surface area contributed by atoms with Gasteiger partial charge in [0.15, 0.2) is 11.6 Å². The Morgan fingerprint density at radius 3 is 2.20 bits per heavy atom. The summed E-state index contributed by atoms with van der Waals surface area (Å²) in [6.45, 7) is 1.87. The number of nitrogen functional groups attached to an aromatic ring is 1. The molecule has 0 bridgehead atoms. The smallest absolute Gasteiger partial charge is 0.150 e. The highest BCUT2D eigenvalue weighted by Crippen LogP contribution is 2.31. The highest BCUT2D eigenvalue weighted by molar-refractivity contribution is 5.95. The molecular formula is C15H15F2N3. The summed E-state index contributed by atoms with van der Waals surface area (Å²) < 4.78 is 28.2. The maximum atomic E-state index is 14.1. The van der Waals surface area contributed by atoms with Gasteiger partial charge in [-0.3, -0.25) is 5.41 Å². The fourth-order valence-electron chi connectivity index (χ4n) is 2.10. The second-order valence-corrected chi connectivity index (χ2v) is 4.55. The van der Waals surface area contributed by atoms with E-state index in [1.165, 1.54) is 4.90 Å². The van der Waals surface area contributed by atoms with Gasteiger partial charge in [0.05, 0.1) is 0 Å². The lowest BCUT2D eigenvalue weighted by atomic mass is 10.1. The first kappa shape index (κ1) is 14.0. The number of nitrogens with zero attached hydrogens (tertiary/aromatic N) is 1. The van der Waals surface area contributed by atoms with E-state index in [-0.39, 0.29) is 17.1 Å². The summed E-state index contributed by atoms with van der Waals surface area (Å²) in [7, 11) is 1.59. The summed E-state index contributed by atoms with van der Waals surface area (Å²) >= 11 is 0. The molecule has 0 fully saturated rings. The Kier molecular flexibility index (Phi) is 3.70. The Balaban J connectivity index is 2.53. The van der Waals surface area contributed by atoms with Gasteiger partial charge in [-0.05, 0) is 30.7 Å². The topological polar surface area (TPSA) is 53.1 Å². The van der Waals surface area contributed by atoms with Crippen LogP contribution in [0, 0.1) is 24.0 Å². The van der Waals surface area contributed by atoms with E-state index in [1.54, 1.807) is 19.2 Å². The van der Waals surface area contributed by atoms with Crippen LogP contribution in [0.4, 0.5) is 20.2 Å². The molecule has 104 valence electrons. The predicted octanol–water partition coefficient (Wildman–Crippen LogP) is 3.33. The molecule has 5 heteroatoms. The van der Waals surface area contributed by atoms with Crippen molar-refractivity contribution in [1.29, 1.82) is 5.41 Å². The molecule has 0 unspecified atom stereocenters. The van der Waals surface area contributed by atoms with E-state index in [0.717, 1.165) is 17.7 Å². The van der Waals surface area contributed by atoms with Crippen molar-refractivity contribution in [3.63, 3.8) is 0 Å². The number of nitrogens with two attached hydrogens (primary N) is 1. The first-order valence-electron chi connectivity index (χ1n) is 6.04. The van der Waals surface area contributed by atoms with Gasteiger partial charge in [-0.1, -0.05) is 18.2 Å². The van der Waals surface area contributed by atoms with E-state index in [1.807, 2.05) is 19.1 Å². The minimum Gasteiger partial charge on any atom is -0.384 e. The summed E-state index contributed by atoms with van der Waals surface area (Å²) in [5.41, 5.74) is 6.73. The van der Waals surface area contributed by atoms with Gasteiger partial charge in [0.1, 0.15) is 11.5 Å². The lowest BCUT2D eigenvalue weighted by Gasteiger charge is -2.23. The molecule has 0 aliphatic rings. The van der Waals surface area contributed by atoms with Gasteiger partial charge < -0.3 is 10.6 Å². The minimum atomic E-state index is -0.749. The molecule has 0 aliphatic heterocycles. The van der Waals surface area contributed by atoms with Crippen molar-refractivity contribution in [3.8, 4) is 0 Å². The van der Waals surface area contributed by atoms with Crippen molar-refractivity contribution in [2.75, 3.05) is 11.9 Å². The van der Waals surface area contributed by atoms with E-state index >= 15 is 0 Å². The van der Waals surface area contributed by atoms with Gasteiger partial charge in [0, 0.05) is 18.3 Å². The van der Waals surface area contributed by atoms with Crippen LogP contribution in [0.3, 0.4) is 0 Å². The fraction of sp³-hybridized carbons (Fsp3) is 0.133. The van der Waals surface area contributed by atoms with Crippen LogP contribution >= 0.6 is 0 Å². The molecule has 0 amide bonds. The molecule has 2 rings (SSSR count). The highest BCUT2D eigenvalue weighted by Gasteiger charge is 2.18. The number of nitrogens with one attached hydrogen (secondary N) is 1. The summed E-state index contributed by atoms with van der Waals surface area (Å²) in [5.74, 6) is -1.87. The summed E-state index contributed by atoms with van der Waals surface area (Å²) in [4.78, 5) is 1.45. The molecule has 0 heterocycles. The number of anilines is 2. The zero-order chi connectivity index (χ0) is 14.9. The maximum absolute atomic E-state index is 14.1. The largest absolute Gasteiger partial charge is 0.384 e. The third-order valence-electron chi connectivity index (χ3n) is 3.14. The van der Waals surface area contributed by atoms with Crippen molar-refractivity contribution in [3.05, 3.63) is 59.2 Å². The lowest BCUT2D eigenvalue weighted by molar-refractivity contribution is 0.583. The van der Waals surface area contributed by atoms with Crippen molar-refractivity contribution in [2.45, 2.75) is 6.92 Å². The zero-order valence-electron chi connectivity index (χ0n) is 11.2. The van der Waals surface area contributed by atoms with Crippen LogP contribution in [0.1, 0.15) is 11.1 Å². The summed E-state index contributed by atoms with van der Waals surface area (Å²) in [6.07, 6.45) is 0. The standard InChI is InChI=1S/C15H15F2N3/c1-9-5-3-4-6-13(9)20(2)14-11(16)7-10(15(18)19)8-12(14)17/h3-8H,1-2H3,(H3,18,19). The monoisotopic (exact) mass is 275 g/mol. The highest BCUT2D eigenvalue weighted by atomic mass is 19.1. The van der Waals surface area contributed by atoms with Crippen molar-refractivity contribution in [1.82, 2.24) is 0 Å². The second-order valence-electron chi connectivity index (χ2n) is 4.55. The Labute approximate surface area is 116 Å². The van der Waals surface area contributed by atoms with E-state index < -0.39 is 11.6 Å². The van der Waals surface area contributed by atoms with Crippen LogP contribution in [0.5, 0.6) is 0 Å².